The normalized spacial score (nSPS) is 18.3. The molecule has 102 valence electrons. The smallest absolute Gasteiger partial charge is 0.391 e. The maximum atomic E-state index is 12.5. The highest BCUT2D eigenvalue weighted by atomic mass is 19.4. The molecular formula is C10H15F3N4O. The Kier molecular flexibility index (Phi) is 3.74. The Hall–Kier alpha value is -1.31. The fourth-order valence-electron chi connectivity index (χ4n) is 2.00. The number of aromatic nitrogens is 2. The highest BCUT2D eigenvalue weighted by molar-refractivity contribution is 5.24. The molecule has 0 atom stereocenters. The van der Waals surface area contributed by atoms with E-state index in [-0.39, 0.29) is 25.9 Å². The summed E-state index contributed by atoms with van der Waals surface area (Å²) in [7, 11) is 0. The van der Waals surface area contributed by atoms with Crippen molar-refractivity contribution in [1.82, 2.24) is 10.2 Å². The van der Waals surface area contributed by atoms with Crippen molar-refractivity contribution in [3.63, 3.8) is 0 Å². The number of alkyl halides is 3. The summed E-state index contributed by atoms with van der Waals surface area (Å²) in [6, 6.07) is 0.291. The van der Waals surface area contributed by atoms with Crippen molar-refractivity contribution in [2.24, 2.45) is 11.7 Å². The van der Waals surface area contributed by atoms with Crippen LogP contribution in [0.3, 0.4) is 0 Å². The van der Waals surface area contributed by atoms with E-state index in [0.717, 1.165) is 0 Å². The van der Waals surface area contributed by atoms with Gasteiger partial charge >= 0.3 is 12.2 Å². The summed E-state index contributed by atoms with van der Waals surface area (Å²) in [6.07, 6.45) is -3.49. The zero-order valence-corrected chi connectivity index (χ0v) is 9.78. The molecule has 0 unspecified atom stereocenters. The molecule has 5 nitrogen and oxygen atoms in total. The monoisotopic (exact) mass is 264 g/mol. The predicted molar refractivity (Wildman–Crippen MR) is 58.0 cm³/mol. The maximum absolute atomic E-state index is 12.5. The van der Waals surface area contributed by atoms with Gasteiger partial charge in [-0.1, -0.05) is 5.10 Å². The number of nitrogens with two attached hydrogens (primary N) is 1. The summed E-state index contributed by atoms with van der Waals surface area (Å²) < 4.78 is 42.8. The number of hydrogen-bond donors (Lipinski definition) is 1. The Balaban J connectivity index is 1.92. The van der Waals surface area contributed by atoms with Crippen molar-refractivity contribution in [2.45, 2.75) is 25.4 Å². The molecule has 2 N–H and O–H groups in total. The zero-order valence-electron chi connectivity index (χ0n) is 9.78. The van der Waals surface area contributed by atoms with Crippen LogP contribution < -0.4 is 10.6 Å². The van der Waals surface area contributed by atoms with Crippen LogP contribution in [0, 0.1) is 5.92 Å². The van der Waals surface area contributed by atoms with E-state index in [1.54, 1.807) is 4.90 Å². The molecule has 1 fully saturated rings. The summed E-state index contributed by atoms with van der Waals surface area (Å²) in [5.41, 5.74) is 5.35. The van der Waals surface area contributed by atoms with Crippen LogP contribution >= 0.6 is 0 Å². The first-order valence-electron chi connectivity index (χ1n) is 5.85. The summed E-state index contributed by atoms with van der Waals surface area (Å²) in [5.74, 6) is -0.800. The van der Waals surface area contributed by atoms with Crippen LogP contribution in [0.4, 0.5) is 19.2 Å². The molecule has 1 aromatic heterocycles. The number of nitrogens with zero attached hydrogens (tertiary/aromatic N) is 3. The van der Waals surface area contributed by atoms with Crippen molar-refractivity contribution < 1.29 is 17.6 Å². The van der Waals surface area contributed by atoms with E-state index in [4.69, 9.17) is 10.2 Å². The molecule has 1 aliphatic heterocycles. The zero-order chi connectivity index (χ0) is 13.2. The summed E-state index contributed by atoms with van der Waals surface area (Å²) in [6.45, 7) is 0.973. The highest BCUT2D eigenvalue weighted by Gasteiger charge is 2.41. The fourth-order valence-corrected chi connectivity index (χ4v) is 2.00. The van der Waals surface area contributed by atoms with Crippen molar-refractivity contribution >= 4 is 6.01 Å². The lowest BCUT2D eigenvalue weighted by Crippen LogP contribution is -2.39. The fraction of sp³-hybridized carbons (Fsp3) is 0.800. The average molecular weight is 264 g/mol. The van der Waals surface area contributed by atoms with Crippen LogP contribution in [0.1, 0.15) is 18.7 Å². The Labute approximate surface area is 102 Å². The lowest BCUT2D eigenvalue weighted by atomic mass is 9.97. The third-order valence-electron chi connectivity index (χ3n) is 3.04. The number of rotatable bonds is 3. The second-order valence-electron chi connectivity index (χ2n) is 4.32. The van der Waals surface area contributed by atoms with Gasteiger partial charge < -0.3 is 15.1 Å². The van der Waals surface area contributed by atoms with Gasteiger partial charge in [-0.15, -0.1) is 5.10 Å². The topological polar surface area (TPSA) is 68.2 Å². The molecule has 1 aromatic rings. The van der Waals surface area contributed by atoms with Gasteiger partial charge in [-0.25, -0.2) is 0 Å². The van der Waals surface area contributed by atoms with Gasteiger partial charge in [-0.2, -0.15) is 13.2 Å². The first-order valence-corrected chi connectivity index (χ1v) is 5.85. The van der Waals surface area contributed by atoms with Gasteiger partial charge in [0.15, 0.2) is 0 Å². The third-order valence-corrected chi connectivity index (χ3v) is 3.04. The van der Waals surface area contributed by atoms with Crippen molar-refractivity contribution in [3.8, 4) is 0 Å². The van der Waals surface area contributed by atoms with E-state index in [9.17, 15) is 13.2 Å². The minimum Gasteiger partial charge on any atom is -0.408 e. The van der Waals surface area contributed by atoms with E-state index in [1.807, 2.05) is 0 Å². The second-order valence-corrected chi connectivity index (χ2v) is 4.32. The van der Waals surface area contributed by atoms with Gasteiger partial charge in [0.25, 0.3) is 0 Å². The van der Waals surface area contributed by atoms with Gasteiger partial charge in [0.1, 0.15) is 0 Å². The minimum absolute atomic E-state index is 0.0676. The molecule has 0 bridgehead atoms. The van der Waals surface area contributed by atoms with Crippen LogP contribution in [0.2, 0.25) is 0 Å². The molecule has 2 rings (SSSR count). The molecule has 0 radical (unpaired) electrons. The van der Waals surface area contributed by atoms with Gasteiger partial charge in [-0.3, -0.25) is 0 Å². The van der Waals surface area contributed by atoms with E-state index >= 15 is 0 Å². The number of halogens is 3. The first-order chi connectivity index (χ1) is 8.50. The van der Waals surface area contributed by atoms with Gasteiger partial charge in [0.05, 0.1) is 5.92 Å². The minimum atomic E-state index is -4.11. The molecular weight excluding hydrogens is 249 g/mol. The Morgan fingerprint density at radius 3 is 2.50 bits per heavy atom. The SMILES string of the molecule is NCCc1nnc(N2CCC(C(F)(F)F)CC2)o1. The quantitative estimate of drug-likeness (QED) is 0.892. The third kappa shape index (κ3) is 2.92. The van der Waals surface area contributed by atoms with E-state index in [2.05, 4.69) is 10.2 Å². The maximum Gasteiger partial charge on any atom is 0.391 e. The highest BCUT2D eigenvalue weighted by Crippen LogP contribution is 2.35. The molecule has 2 heterocycles. The molecule has 1 saturated heterocycles. The van der Waals surface area contributed by atoms with E-state index in [1.165, 1.54) is 0 Å². The second kappa shape index (κ2) is 5.13. The van der Waals surface area contributed by atoms with Gasteiger partial charge in [-0.05, 0) is 12.8 Å². The van der Waals surface area contributed by atoms with Crippen LogP contribution in [0.5, 0.6) is 0 Å². The van der Waals surface area contributed by atoms with Crippen LogP contribution in [-0.2, 0) is 6.42 Å². The average Bonchev–Trinajstić information content (AvgIpc) is 2.77. The molecule has 0 aliphatic carbocycles. The van der Waals surface area contributed by atoms with Crippen molar-refractivity contribution in [2.75, 3.05) is 24.5 Å². The van der Waals surface area contributed by atoms with Crippen LogP contribution in [0.25, 0.3) is 0 Å². The van der Waals surface area contributed by atoms with Gasteiger partial charge in [0.2, 0.25) is 5.89 Å². The Bertz CT molecular complexity index is 385. The first kappa shape index (κ1) is 13.1. The number of hydrogen-bond acceptors (Lipinski definition) is 5. The lowest BCUT2D eigenvalue weighted by Gasteiger charge is -2.31. The molecule has 0 aromatic carbocycles. The lowest BCUT2D eigenvalue weighted by molar-refractivity contribution is -0.179. The summed E-state index contributed by atoms with van der Waals surface area (Å²) >= 11 is 0. The van der Waals surface area contributed by atoms with Gasteiger partial charge in [0, 0.05) is 26.1 Å². The summed E-state index contributed by atoms with van der Waals surface area (Å²) in [4.78, 5) is 1.69. The van der Waals surface area contributed by atoms with Crippen LogP contribution in [0.15, 0.2) is 4.42 Å². The molecule has 18 heavy (non-hydrogen) atoms. The Morgan fingerprint density at radius 2 is 1.94 bits per heavy atom. The van der Waals surface area contributed by atoms with Crippen LogP contribution in [-0.4, -0.2) is 36.0 Å². The van der Waals surface area contributed by atoms with Crippen molar-refractivity contribution in [1.29, 1.82) is 0 Å². The number of piperidine rings is 1. The van der Waals surface area contributed by atoms with Crippen molar-refractivity contribution in [3.05, 3.63) is 5.89 Å². The molecule has 0 saturated carbocycles. The molecule has 0 spiro atoms. The molecule has 0 amide bonds. The molecule has 8 heteroatoms. The molecule has 1 aliphatic rings. The number of anilines is 1. The largest absolute Gasteiger partial charge is 0.408 e. The Morgan fingerprint density at radius 1 is 1.28 bits per heavy atom. The standard InChI is InChI=1S/C10H15F3N4O/c11-10(12,13)7-2-5-17(6-3-7)9-16-15-8(18-9)1-4-14/h7H,1-6,14H2. The van der Waals surface area contributed by atoms with E-state index < -0.39 is 12.1 Å². The predicted octanol–water partition coefficient (Wildman–Crippen LogP) is 1.35. The van der Waals surface area contributed by atoms with E-state index in [0.29, 0.717) is 24.9 Å². The summed E-state index contributed by atoms with van der Waals surface area (Å²) in [5, 5.41) is 7.61.